The molecule has 4 N–H and O–H groups in total. The number of hydrogen-bond acceptors (Lipinski definition) is 4. The smallest absolute Gasteiger partial charge is 0.0954 e. The van der Waals surface area contributed by atoms with E-state index in [2.05, 4.69) is 5.48 Å². The SMILES string of the molecule is CC(C)NOCC(O)CN. The highest BCUT2D eigenvalue weighted by molar-refractivity contribution is 4.51. The van der Waals surface area contributed by atoms with E-state index in [4.69, 9.17) is 15.7 Å². The number of aliphatic hydroxyl groups is 1. The van der Waals surface area contributed by atoms with Crippen molar-refractivity contribution in [3.63, 3.8) is 0 Å². The van der Waals surface area contributed by atoms with Crippen molar-refractivity contribution in [1.82, 2.24) is 5.48 Å². The number of aliphatic hydroxyl groups excluding tert-OH is 1. The second-order valence-electron chi connectivity index (χ2n) is 2.47. The first-order valence-corrected chi connectivity index (χ1v) is 3.42. The van der Waals surface area contributed by atoms with E-state index in [-0.39, 0.29) is 19.2 Å². The van der Waals surface area contributed by atoms with Crippen molar-refractivity contribution in [2.75, 3.05) is 13.2 Å². The largest absolute Gasteiger partial charge is 0.389 e. The van der Waals surface area contributed by atoms with Crippen LogP contribution >= 0.6 is 0 Å². The van der Waals surface area contributed by atoms with Gasteiger partial charge >= 0.3 is 0 Å². The van der Waals surface area contributed by atoms with Gasteiger partial charge in [-0.3, -0.25) is 4.84 Å². The van der Waals surface area contributed by atoms with E-state index in [0.29, 0.717) is 0 Å². The summed E-state index contributed by atoms with van der Waals surface area (Å²) in [6.45, 7) is 4.39. The normalized spacial score (nSPS) is 14.1. The van der Waals surface area contributed by atoms with Gasteiger partial charge in [-0.1, -0.05) is 0 Å². The average molecular weight is 148 g/mol. The Morgan fingerprint density at radius 2 is 2.20 bits per heavy atom. The summed E-state index contributed by atoms with van der Waals surface area (Å²) in [5.41, 5.74) is 7.83. The van der Waals surface area contributed by atoms with E-state index in [1.165, 1.54) is 0 Å². The van der Waals surface area contributed by atoms with Crippen LogP contribution in [0.4, 0.5) is 0 Å². The van der Waals surface area contributed by atoms with Crippen molar-refractivity contribution in [2.24, 2.45) is 5.73 Å². The monoisotopic (exact) mass is 148 g/mol. The third kappa shape index (κ3) is 5.97. The summed E-state index contributed by atoms with van der Waals surface area (Å²) in [6.07, 6.45) is -0.564. The van der Waals surface area contributed by atoms with Gasteiger partial charge in [0.25, 0.3) is 0 Å². The zero-order valence-electron chi connectivity index (χ0n) is 6.50. The summed E-state index contributed by atoms with van der Waals surface area (Å²) in [6, 6.07) is 0.268. The van der Waals surface area contributed by atoms with Crippen molar-refractivity contribution < 1.29 is 9.94 Å². The fraction of sp³-hybridized carbons (Fsp3) is 1.00. The van der Waals surface area contributed by atoms with E-state index in [1.54, 1.807) is 0 Å². The van der Waals surface area contributed by atoms with Crippen LogP contribution in [-0.4, -0.2) is 30.4 Å². The van der Waals surface area contributed by atoms with E-state index < -0.39 is 6.10 Å². The lowest BCUT2D eigenvalue weighted by molar-refractivity contribution is -0.0269. The van der Waals surface area contributed by atoms with Crippen LogP contribution < -0.4 is 11.2 Å². The van der Waals surface area contributed by atoms with E-state index in [1.807, 2.05) is 13.8 Å². The fourth-order valence-corrected chi connectivity index (χ4v) is 0.379. The first-order chi connectivity index (χ1) is 4.66. The summed E-state index contributed by atoms with van der Waals surface area (Å²) in [4.78, 5) is 4.87. The molecule has 0 spiro atoms. The van der Waals surface area contributed by atoms with Gasteiger partial charge in [-0.2, -0.15) is 5.48 Å². The second-order valence-corrected chi connectivity index (χ2v) is 2.47. The molecule has 0 saturated carbocycles. The molecule has 0 aromatic carbocycles. The Labute approximate surface area is 61.3 Å². The maximum Gasteiger partial charge on any atom is 0.0954 e. The molecule has 4 nitrogen and oxygen atoms in total. The van der Waals surface area contributed by atoms with Crippen LogP contribution in [0.15, 0.2) is 0 Å². The highest BCUT2D eigenvalue weighted by Crippen LogP contribution is 1.81. The molecule has 1 atom stereocenters. The van der Waals surface area contributed by atoms with Gasteiger partial charge in [-0.25, -0.2) is 0 Å². The van der Waals surface area contributed by atoms with Gasteiger partial charge in [0, 0.05) is 12.6 Å². The minimum Gasteiger partial charge on any atom is -0.389 e. The maximum atomic E-state index is 8.88. The molecule has 0 aliphatic carbocycles. The van der Waals surface area contributed by atoms with Crippen LogP contribution in [0.25, 0.3) is 0 Å². The quantitative estimate of drug-likeness (QED) is 0.448. The van der Waals surface area contributed by atoms with Crippen molar-refractivity contribution in [3.8, 4) is 0 Å². The summed E-state index contributed by atoms with van der Waals surface area (Å²) >= 11 is 0. The Balaban J connectivity index is 3.03. The predicted molar refractivity (Wildman–Crippen MR) is 39.3 cm³/mol. The highest BCUT2D eigenvalue weighted by Gasteiger charge is 2.00. The van der Waals surface area contributed by atoms with Crippen LogP contribution in [-0.2, 0) is 4.84 Å². The molecule has 0 aliphatic heterocycles. The van der Waals surface area contributed by atoms with Gasteiger partial charge in [-0.15, -0.1) is 0 Å². The Hall–Kier alpha value is -0.160. The summed E-state index contributed by atoms with van der Waals surface area (Å²) < 4.78 is 0. The minimum atomic E-state index is -0.564. The molecule has 0 rings (SSSR count). The predicted octanol–water partition coefficient (Wildman–Crippen LogP) is -0.764. The summed E-state index contributed by atoms with van der Waals surface area (Å²) in [5, 5.41) is 8.88. The molecule has 0 radical (unpaired) electrons. The molecule has 0 saturated heterocycles. The molecular formula is C6H16N2O2. The van der Waals surface area contributed by atoms with Crippen LogP contribution in [0.5, 0.6) is 0 Å². The number of hydrogen-bond donors (Lipinski definition) is 3. The standard InChI is InChI=1S/C6H16N2O2/c1-5(2)8-10-4-6(9)3-7/h5-6,8-9H,3-4,7H2,1-2H3. The molecule has 0 bridgehead atoms. The topological polar surface area (TPSA) is 67.5 Å². The Morgan fingerprint density at radius 1 is 1.60 bits per heavy atom. The number of rotatable bonds is 5. The van der Waals surface area contributed by atoms with E-state index in [0.717, 1.165) is 0 Å². The highest BCUT2D eigenvalue weighted by atomic mass is 16.6. The van der Waals surface area contributed by atoms with Gasteiger partial charge in [0.05, 0.1) is 12.7 Å². The fourth-order valence-electron chi connectivity index (χ4n) is 0.379. The third-order valence-corrected chi connectivity index (χ3v) is 0.867. The van der Waals surface area contributed by atoms with Gasteiger partial charge in [0.1, 0.15) is 0 Å². The molecule has 4 heteroatoms. The third-order valence-electron chi connectivity index (χ3n) is 0.867. The van der Waals surface area contributed by atoms with Gasteiger partial charge in [0.2, 0.25) is 0 Å². The van der Waals surface area contributed by atoms with Crippen LogP contribution in [0.3, 0.4) is 0 Å². The van der Waals surface area contributed by atoms with Crippen LogP contribution in [0.2, 0.25) is 0 Å². The molecule has 1 unspecified atom stereocenters. The molecule has 0 heterocycles. The first kappa shape index (κ1) is 9.84. The maximum absolute atomic E-state index is 8.88. The van der Waals surface area contributed by atoms with Crippen molar-refractivity contribution in [2.45, 2.75) is 26.0 Å². The summed E-state index contributed by atoms with van der Waals surface area (Å²) in [7, 11) is 0. The zero-order chi connectivity index (χ0) is 7.98. The molecule has 0 amide bonds. The molecule has 0 fully saturated rings. The van der Waals surface area contributed by atoms with Crippen molar-refractivity contribution in [3.05, 3.63) is 0 Å². The molecule has 62 valence electrons. The average Bonchev–Trinajstić information content (AvgIpc) is 1.87. The Bertz CT molecular complexity index is 78.1. The van der Waals surface area contributed by atoms with Crippen LogP contribution in [0.1, 0.15) is 13.8 Å². The van der Waals surface area contributed by atoms with E-state index in [9.17, 15) is 0 Å². The van der Waals surface area contributed by atoms with Crippen molar-refractivity contribution in [1.29, 1.82) is 0 Å². The van der Waals surface area contributed by atoms with Gasteiger partial charge < -0.3 is 10.8 Å². The molecular weight excluding hydrogens is 132 g/mol. The van der Waals surface area contributed by atoms with Crippen molar-refractivity contribution >= 4 is 0 Å². The van der Waals surface area contributed by atoms with Crippen LogP contribution in [0, 0.1) is 0 Å². The second kappa shape index (κ2) is 5.61. The molecule has 10 heavy (non-hydrogen) atoms. The molecule has 0 aromatic heterocycles. The van der Waals surface area contributed by atoms with Gasteiger partial charge in [0.15, 0.2) is 0 Å². The zero-order valence-corrected chi connectivity index (χ0v) is 6.50. The molecule has 0 aliphatic rings. The van der Waals surface area contributed by atoms with Gasteiger partial charge in [-0.05, 0) is 13.8 Å². The summed E-state index contributed by atoms with van der Waals surface area (Å²) in [5.74, 6) is 0. The van der Waals surface area contributed by atoms with E-state index >= 15 is 0 Å². The Morgan fingerprint density at radius 3 is 2.60 bits per heavy atom. The number of nitrogens with two attached hydrogens (primary N) is 1. The number of nitrogens with one attached hydrogen (secondary N) is 1. The lowest BCUT2D eigenvalue weighted by Gasteiger charge is -2.10. The lowest BCUT2D eigenvalue weighted by Crippen LogP contribution is -2.31. The Kier molecular flexibility index (Phi) is 5.52. The lowest BCUT2D eigenvalue weighted by atomic mass is 10.4. The first-order valence-electron chi connectivity index (χ1n) is 3.42. The minimum absolute atomic E-state index is 0.236. The number of hydroxylamine groups is 1. The molecule has 0 aromatic rings.